The van der Waals surface area contributed by atoms with E-state index in [0.29, 0.717) is 10.7 Å². The van der Waals surface area contributed by atoms with Crippen LogP contribution in [0.4, 0.5) is 5.69 Å². The Labute approximate surface area is 264 Å². The number of nitrogens with one attached hydrogen (secondary N) is 1. The lowest BCUT2D eigenvalue weighted by Crippen LogP contribution is -2.54. The molecule has 0 unspecified atom stereocenters. The summed E-state index contributed by atoms with van der Waals surface area (Å²) >= 11 is 6.15. The van der Waals surface area contributed by atoms with E-state index in [1.54, 1.807) is 60.7 Å². The molecule has 0 heterocycles. The van der Waals surface area contributed by atoms with Gasteiger partial charge in [-0.1, -0.05) is 103 Å². The third-order valence-corrected chi connectivity index (χ3v) is 9.93. The van der Waals surface area contributed by atoms with Crippen LogP contribution in [-0.4, -0.2) is 43.8 Å². The quantitative estimate of drug-likeness (QED) is 0.201. The number of carbonyl (C=O) groups excluding carboxylic acids is 2. The van der Waals surface area contributed by atoms with Gasteiger partial charge in [0.15, 0.2) is 0 Å². The summed E-state index contributed by atoms with van der Waals surface area (Å²) in [7, 11) is -4.12. The molecule has 1 N–H and O–H groups in total. The lowest BCUT2D eigenvalue weighted by Gasteiger charge is -2.34. The zero-order valence-electron chi connectivity index (χ0n) is 24.4. The van der Waals surface area contributed by atoms with Crippen molar-refractivity contribution in [1.82, 2.24) is 10.2 Å². The first-order chi connectivity index (χ1) is 21.3. The fraction of sp³-hybridized carbons (Fsp3) is 0.257. The number of benzene rings is 4. The highest BCUT2D eigenvalue weighted by atomic mass is 35.5. The number of rotatable bonds is 12. The first-order valence-corrected chi connectivity index (χ1v) is 16.6. The molecule has 7 nitrogen and oxygen atoms in total. The van der Waals surface area contributed by atoms with Gasteiger partial charge in [0, 0.05) is 24.0 Å². The summed E-state index contributed by atoms with van der Waals surface area (Å²) in [5.74, 6) is -0.744. The minimum absolute atomic E-state index is 0.0486. The first kappa shape index (κ1) is 31.3. The van der Waals surface area contributed by atoms with E-state index < -0.39 is 28.5 Å². The fourth-order valence-corrected chi connectivity index (χ4v) is 7.11. The highest BCUT2D eigenvalue weighted by Gasteiger charge is 2.35. The Morgan fingerprint density at radius 1 is 0.773 bits per heavy atom. The van der Waals surface area contributed by atoms with Crippen LogP contribution in [0.5, 0.6) is 0 Å². The van der Waals surface area contributed by atoms with Crippen LogP contribution >= 0.6 is 11.6 Å². The van der Waals surface area contributed by atoms with Crippen LogP contribution in [0.15, 0.2) is 120 Å². The number of halogens is 1. The molecule has 1 saturated carbocycles. The van der Waals surface area contributed by atoms with E-state index in [2.05, 4.69) is 5.32 Å². The van der Waals surface area contributed by atoms with Crippen LogP contribution in [0.2, 0.25) is 5.02 Å². The second-order valence-corrected chi connectivity index (χ2v) is 13.3. The number of hydrogen-bond acceptors (Lipinski definition) is 4. The van der Waals surface area contributed by atoms with E-state index in [0.717, 1.165) is 41.1 Å². The molecule has 4 aromatic carbocycles. The van der Waals surface area contributed by atoms with Crippen molar-refractivity contribution in [1.29, 1.82) is 0 Å². The summed E-state index contributed by atoms with van der Waals surface area (Å²) in [5.41, 5.74) is 2.02. The molecule has 5 rings (SSSR count). The predicted molar refractivity (Wildman–Crippen MR) is 174 cm³/mol. The number of para-hydroxylation sites is 1. The molecule has 1 fully saturated rings. The minimum atomic E-state index is -4.12. The summed E-state index contributed by atoms with van der Waals surface area (Å²) in [6.07, 6.45) is 4.16. The normalized spacial score (nSPS) is 14.1. The maximum absolute atomic E-state index is 14.5. The Balaban J connectivity index is 1.54. The largest absolute Gasteiger partial charge is 0.352 e. The topological polar surface area (TPSA) is 86.8 Å². The number of carbonyl (C=O) groups is 2. The second kappa shape index (κ2) is 14.6. The molecule has 1 aliphatic carbocycles. The van der Waals surface area contributed by atoms with Gasteiger partial charge in [0.05, 0.1) is 10.6 Å². The highest BCUT2D eigenvalue weighted by molar-refractivity contribution is 7.92. The van der Waals surface area contributed by atoms with Crippen LogP contribution in [0.1, 0.15) is 36.8 Å². The van der Waals surface area contributed by atoms with Gasteiger partial charge >= 0.3 is 0 Å². The SMILES string of the molecule is O=C(NC1CCCC1)[C@H](Cc1ccccc1)N(Cc1ccc(Cl)cc1)C(=O)CN(c1ccccc1)S(=O)(=O)c1ccccc1. The van der Waals surface area contributed by atoms with E-state index >= 15 is 0 Å². The number of nitrogens with zero attached hydrogens (tertiary/aromatic N) is 2. The summed E-state index contributed by atoms with van der Waals surface area (Å²) in [4.78, 5) is 30.1. The summed E-state index contributed by atoms with van der Waals surface area (Å²) in [6, 6.07) is 32.4. The van der Waals surface area contributed by atoms with Crippen molar-refractivity contribution in [3.05, 3.63) is 131 Å². The Bertz CT molecular complexity index is 1630. The molecule has 0 aromatic heterocycles. The maximum Gasteiger partial charge on any atom is 0.264 e. The van der Waals surface area contributed by atoms with Crippen molar-refractivity contribution < 1.29 is 18.0 Å². The highest BCUT2D eigenvalue weighted by Crippen LogP contribution is 2.25. The van der Waals surface area contributed by atoms with Gasteiger partial charge in [-0.3, -0.25) is 13.9 Å². The Kier molecular flexibility index (Phi) is 10.4. The Morgan fingerprint density at radius 2 is 1.34 bits per heavy atom. The lowest BCUT2D eigenvalue weighted by atomic mass is 10.0. The average molecular weight is 630 g/mol. The first-order valence-electron chi connectivity index (χ1n) is 14.8. The van der Waals surface area contributed by atoms with Gasteiger partial charge in [0.25, 0.3) is 10.0 Å². The van der Waals surface area contributed by atoms with Gasteiger partial charge in [-0.2, -0.15) is 0 Å². The molecule has 0 saturated heterocycles. The minimum Gasteiger partial charge on any atom is -0.352 e. The Hall–Kier alpha value is -4.14. The van der Waals surface area contributed by atoms with Gasteiger partial charge in [-0.05, 0) is 60.4 Å². The second-order valence-electron chi connectivity index (χ2n) is 11.0. The van der Waals surface area contributed by atoms with Gasteiger partial charge in [0.2, 0.25) is 11.8 Å². The van der Waals surface area contributed by atoms with Crippen molar-refractivity contribution in [3.63, 3.8) is 0 Å². The van der Waals surface area contributed by atoms with E-state index in [1.165, 1.54) is 17.0 Å². The lowest BCUT2D eigenvalue weighted by molar-refractivity contribution is -0.140. The number of hydrogen-bond donors (Lipinski definition) is 1. The summed E-state index contributed by atoms with van der Waals surface area (Å²) in [5, 5.41) is 3.74. The van der Waals surface area contributed by atoms with Crippen molar-refractivity contribution in [2.45, 2.75) is 55.6 Å². The number of anilines is 1. The van der Waals surface area contributed by atoms with Crippen molar-refractivity contribution in [2.75, 3.05) is 10.8 Å². The van der Waals surface area contributed by atoms with Gasteiger partial charge in [0.1, 0.15) is 12.6 Å². The zero-order chi connectivity index (χ0) is 30.9. The molecule has 0 bridgehead atoms. The Morgan fingerprint density at radius 3 is 1.95 bits per heavy atom. The average Bonchev–Trinajstić information content (AvgIpc) is 3.56. The molecule has 9 heteroatoms. The standard InChI is InChI=1S/C35H36ClN3O4S/c36-29-22-20-28(21-23-29)25-38(33(24-27-12-4-1-5-13-27)35(41)37-30-14-10-11-15-30)34(40)26-39(31-16-6-2-7-17-31)44(42,43)32-18-8-3-9-19-32/h1-9,12-13,16-23,30,33H,10-11,14-15,24-26H2,(H,37,41)/t33-/m0/s1. The molecular formula is C35H36ClN3O4S. The molecular weight excluding hydrogens is 594 g/mol. The molecule has 228 valence electrons. The van der Waals surface area contributed by atoms with E-state index in [-0.39, 0.29) is 29.8 Å². The zero-order valence-corrected chi connectivity index (χ0v) is 26.0. The van der Waals surface area contributed by atoms with Crippen LogP contribution in [0, 0.1) is 0 Å². The molecule has 1 atom stereocenters. The molecule has 0 radical (unpaired) electrons. The van der Waals surface area contributed by atoms with Crippen molar-refractivity contribution >= 4 is 39.1 Å². The number of sulfonamides is 1. The molecule has 44 heavy (non-hydrogen) atoms. The van der Waals surface area contributed by atoms with Crippen LogP contribution < -0.4 is 9.62 Å². The van der Waals surface area contributed by atoms with Gasteiger partial charge in [-0.15, -0.1) is 0 Å². The summed E-state index contributed by atoms with van der Waals surface area (Å²) < 4.78 is 29.1. The molecule has 0 aliphatic heterocycles. The van der Waals surface area contributed by atoms with Crippen LogP contribution in [0.25, 0.3) is 0 Å². The fourth-order valence-electron chi connectivity index (χ4n) is 5.55. The van der Waals surface area contributed by atoms with E-state index in [9.17, 15) is 18.0 Å². The predicted octanol–water partition coefficient (Wildman–Crippen LogP) is 6.23. The molecule has 0 spiro atoms. The van der Waals surface area contributed by atoms with E-state index in [1.807, 2.05) is 42.5 Å². The summed E-state index contributed by atoms with van der Waals surface area (Å²) in [6.45, 7) is -0.392. The molecule has 1 aliphatic rings. The third-order valence-electron chi connectivity index (χ3n) is 7.89. The van der Waals surface area contributed by atoms with Crippen molar-refractivity contribution in [2.24, 2.45) is 0 Å². The van der Waals surface area contributed by atoms with E-state index in [4.69, 9.17) is 11.6 Å². The smallest absolute Gasteiger partial charge is 0.264 e. The number of amides is 2. The van der Waals surface area contributed by atoms with Crippen LogP contribution in [0.3, 0.4) is 0 Å². The van der Waals surface area contributed by atoms with Crippen molar-refractivity contribution in [3.8, 4) is 0 Å². The molecule has 4 aromatic rings. The monoisotopic (exact) mass is 629 g/mol. The van der Waals surface area contributed by atoms with Gasteiger partial charge < -0.3 is 10.2 Å². The van der Waals surface area contributed by atoms with Crippen LogP contribution in [-0.2, 0) is 32.6 Å². The maximum atomic E-state index is 14.5. The van der Waals surface area contributed by atoms with Gasteiger partial charge in [-0.25, -0.2) is 8.42 Å². The molecule has 2 amide bonds. The third kappa shape index (κ3) is 7.87.